The van der Waals surface area contributed by atoms with Crippen molar-refractivity contribution in [1.29, 1.82) is 0 Å². The first-order chi connectivity index (χ1) is 16.0. The first kappa shape index (κ1) is 23.0. The summed E-state index contributed by atoms with van der Waals surface area (Å²) in [4.78, 5) is 34.5. The molecule has 1 aliphatic heterocycles. The van der Waals surface area contributed by atoms with Crippen LogP contribution in [-0.2, 0) is 26.1 Å². The fourth-order valence-electron chi connectivity index (χ4n) is 4.15. The number of thiazole rings is 1. The number of rotatable bonds is 7. The molecule has 4 rings (SSSR count). The Balaban J connectivity index is 1.58. The standard InChI is InChI=1S/C24H28N4O4S/c1-26(14-18-15-33-16-25-18)24(30)23-20-8-9-27(13-17-4-6-19(31-2)7-5-17)10-11-28(20)22(29)12-21(23)32-3/h4-7,12,15-16H,8-11,13-14H2,1-3H3. The maximum Gasteiger partial charge on any atom is 0.259 e. The molecule has 33 heavy (non-hydrogen) atoms. The largest absolute Gasteiger partial charge is 0.497 e. The Bertz CT molecular complexity index is 1160. The van der Waals surface area contributed by atoms with Crippen molar-refractivity contribution >= 4 is 17.2 Å². The number of aromatic nitrogens is 2. The zero-order chi connectivity index (χ0) is 23.4. The van der Waals surface area contributed by atoms with Gasteiger partial charge in [0.1, 0.15) is 17.1 Å². The van der Waals surface area contributed by atoms with Crippen molar-refractivity contribution in [3.8, 4) is 11.5 Å². The number of carbonyl (C=O) groups excluding carboxylic acids is 1. The summed E-state index contributed by atoms with van der Waals surface area (Å²) in [7, 11) is 4.89. The monoisotopic (exact) mass is 468 g/mol. The molecule has 0 fully saturated rings. The molecule has 2 aromatic heterocycles. The second-order valence-electron chi connectivity index (χ2n) is 8.04. The molecule has 0 unspecified atom stereocenters. The van der Waals surface area contributed by atoms with Crippen LogP contribution in [0, 0.1) is 0 Å². The van der Waals surface area contributed by atoms with Gasteiger partial charge < -0.3 is 18.9 Å². The fraction of sp³-hybridized carbons (Fsp3) is 0.375. The smallest absolute Gasteiger partial charge is 0.259 e. The molecule has 0 aliphatic carbocycles. The van der Waals surface area contributed by atoms with Gasteiger partial charge in [0.2, 0.25) is 0 Å². The lowest BCUT2D eigenvalue weighted by atomic mass is 10.1. The van der Waals surface area contributed by atoms with Crippen LogP contribution in [-0.4, -0.2) is 59.6 Å². The minimum absolute atomic E-state index is 0.146. The Morgan fingerprint density at radius 1 is 1.15 bits per heavy atom. The number of methoxy groups -OCH3 is 2. The van der Waals surface area contributed by atoms with E-state index in [1.165, 1.54) is 30.1 Å². The van der Waals surface area contributed by atoms with Gasteiger partial charge in [-0.2, -0.15) is 0 Å². The molecule has 9 heteroatoms. The van der Waals surface area contributed by atoms with Gasteiger partial charge in [-0.3, -0.25) is 14.5 Å². The second kappa shape index (κ2) is 10.2. The number of hydrogen-bond donors (Lipinski definition) is 0. The minimum Gasteiger partial charge on any atom is -0.497 e. The molecule has 0 N–H and O–H groups in total. The van der Waals surface area contributed by atoms with Gasteiger partial charge in [0.05, 0.1) is 32.0 Å². The highest BCUT2D eigenvalue weighted by Crippen LogP contribution is 2.25. The van der Waals surface area contributed by atoms with Gasteiger partial charge in [-0.1, -0.05) is 12.1 Å². The molecule has 0 atom stereocenters. The normalized spacial score (nSPS) is 13.8. The van der Waals surface area contributed by atoms with E-state index in [2.05, 4.69) is 22.0 Å². The van der Waals surface area contributed by atoms with E-state index in [9.17, 15) is 9.59 Å². The zero-order valence-corrected chi connectivity index (χ0v) is 19.9. The van der Waals surface area contributed by atoms with Gasteiger partial charge >= 0.3 is 0 Å². The van der Waals surface area contributed by atoms with Gasteiger partial charge in [0.25, 0.3) is 11.5 Å². The van der Waals surface area contributed by atoms with Crippen LogP contribution in [0.1, 0.15) is 27.3 Å². The average Bonchev–Trinajstić information content (AvgIpc) is 3.25. The van der Waals surface area contributed by atoms with Gasteiger partial charge in [-0.15, -0.1) is 11.3 Å². The van der Waals surface area contributed by atoms with E-state index in [1.807, 2.05) is 17.5 Å². The number of benzene rings is 1. The summed E-state index contributed by atoms with van der Waals surface area (Å²) in [6.07, 6.45) is 0.578. The van der Waals surface area contributed by atoms with Crippen LogP contribution >= 0.6 is 11.3 Å². The number of carbonyl (C=O) groups is 1. The summed E-state index contributed by atoms with van der Waals surface area (Å²) in [5.74, 6) is 0.975. The zero-order valence-electron chi connectivity index (χ0n) is 19.1. The fourth-order valence-corrected chi connectivity index (χ4v) is 4.70. The summed E-state index contributed by atoms with van der Waals surface area (Å²) in [5.41, 5.74) is 4.80. The average molecular weight is 469 g/mol. The molecule has 3 aromatic rings. The third-order valence-corrected chi connectivity index (χ3v) is 6.55. The topological polar surface area (TPSA) is 76.9 Å². The summed E-state index contributed by atoms with van der Waals surface area (Å²) in [6, 6.07) is 9.42. The van der Waals surface area contributed by atoms with E-state index in [4.69, 9.17) is 9.47 Å². The first-order valence-electron chi connectivity index (χ1n) is 10.8. The lowest BCUT2D eigenvalue weighted by Gasteiger charge is -2.22. The second-order valence-corrected chi connectivity index (χ2v) is 8.76. The van der Waals surface area contributed by atoms with Gasteiger partial charge in [0, 0.05) is 56.8 Å². The Hall–Kier alpha value is -3.17. The summed E-state index contributed by atoms with van der Waals surface area (Å²) < 4.78 is 12.4. The maximum absolute atomic E-state index is 13.5. The number of pyridine rings is 1. The van der Waals surface area contributed by atoms with E-state index in [0.717, 1.165) is 30.2 Å². The van der Waals surface area contributed by atoms with E-state index in [-0.39, 0.29) is 11.5 Å². The number of amides is 1. The minimum atomic E-state index is -0.174. The molecule has 0 spiro atoms. The van der Waals surface area contributed by atoms with Crippen molar-refractivity contribution in [2.75, 3.05) is 34.4 Å². The number of nitrogens with zero attached hydrogens (tertiary/aromatic N) is 4. The molecule has 1 aromatic carbocycles. The van der Waals surface area contributed by atoms with Crippen LogP contribution in [0.2, 0.25) is 0 Å². The molecular formula is C24H28N4O4S. The molecule has 1 amide bonds. The van der Waals surface area contributed by atoms with Crippen molar-refractivity contribution in [3.63, 3.8) is 0 Å². The summed E-state index contributed by atoms with van der Waals surface area (Å²) in [5, 5.41) is 1.92. The molecule has 0 saturated carbocycles. The van der Waals surface area contributed by atoms with Crippen LogP contribution in [0.3, 0.4) is 0 Å². The first-order valence-corrected chi connectivity index (χ1v) is 11.7. The number of fused-ring (bicyclic) bond motifs is 1. The van der Waals surface area contributed by atoms with E-state index in [0.29, 0.717) is 37.4 Å². The van der Waals surface area contributed by atoms with E-state index in [1.54, 1.807) is 29.1 Å². The van der Waals surface area contributed by atoms with Crippen LogP contribution in [0.15, 0.2) is 46.0 Å². The quantitative estimate of drug-likeness (QED) is 0.531. The van der Waals surface area contributed by atoms with Crippen LogP contribution in [0.5, 0.6) is 11.5 Å². The molecule has 0 radical (unpaired) electrons. The summed E-state index contributed by atoms with van der Waals surface area (Å²) in [6.45, 7) is 3.12. The third kappa shape index (κ3) is 5.09. The van der Waals surface area contributed by atoms with Gasteiger partial charge in [0.15, 0.2) is 0 Å². The molecule has 0 saturated heterocycles. The molecule has 1 aliphatic rings. The molecule has 0 bridgehead atoms. The van der Waals surface area contributed by atoms with Crippen molar-refractivity contribution in [1.82, 2.24) is 19.4 Å². The highest BCUT2D eigenvalue weighted by molar-refractivity contribution is 7.07. The van der Waals surface area contributed by atoms with Crippen LogP contribution < -0.4 is 15.0 Å². The highest BCUT2D eigenvalue weighted by atomic mass is 32.1. The summed E-state index contributed by atoms with van der Waals surface area (Å²) >= 11 is 1.50. The lowest BCUT2D eigenvalue weighted by molar-refractivity contribution is 0.0777. The Kier molecular flexibility index (Phi) is 7.10. The Morgan fingerprint density at radius 2 is 1.94 bits per heavy atom. The van der Waals surface area contributed by atoms with Crippen molar-refractivity contribution in [2.45, 2.75) is 26.1 Å². The van der Waals surface area contributed by atoms with Crippen molar-refractivity contribution in [2.24, 2.45) is 0 Å². The third-order valence-electron chi connectivity index (χ3n) is 5.91. The van der Waals surface area contributed by atoms with Gasteiger partial charge in [-0.25, -0.2) is 4.98 Å². The molecular weight excluding hydrogens is 440 g/mol. The molecule has 8 nitrogen and oxygen atoms in total. The predicted octanol–water partition coefficient (Wildman–Crippen LogP) is 2.65. The number of hydrogen-bond acceptors (Lipinski definition) is 7. The van der Waals surface area contributed by atoms with Crippen molar-refractivity contribution < 1.29 is 14.3 Å². The van der Waals surface area contributed by atoms with Crippen LogP contribution in [0.25, 0.3) is 0 Å². The maximum atomic E-state index is 13.5. The van der Waals surface area contributed by atoms with Gasteiger partial charge in [-0.05, 0) is 17.7 Å². The van der Waals surface area contributed by atoms with Crippen LogP contribution in [0.4, 0.5) is 0 Å². The highest BCUT2D eigenvalue weighted by Gasteiger charge is 2.27. The lowest BCUT2D eigenvalue weighted by Crippen LogP contribution is -2.32. The Labute approximate surface area is 197 Å². The Morgan fingerprint density at radius 3 is 2.61 bits per heavy atom. The number of ether oxygens (including phenoxy) is 2. The SMILES string of the molecule is COc1ccc(CN2CCc3c(C(=O)N(C)Cc4cscn4)c(OC)cc(=O)n3CC2)cc1. The van der Waals surface area contributed by atoms with E-state index >= 15 is 0 Å². The molecule has 3 heterocycles. The van der Waals surface area contributed by atoms with E-state index < -0.39 is 0 Å². The molecule has 174 valence electrons. The van der Waals surface area contributed by atoms with Crippen molar-refractivity contribution in [3.05, 3.63) is 74.1 Å². The predicted molar refractivity (Wildman–Crippen MR) is 127 cm³/mol.